The average Bonchev–Trinajstić information content (AvgIpc) is 2.83. The standard InChI is InChI=1S/C14H23N3O2/c1-4-8-19-13-9-10(2)15-14(17-13)16-11-6-5-7-12(11)18-3/h9,11-12H,4-8H2,1-3H3,(H,15,16,17). The molecule has 1 saturated carbocycles. The summed E-state index contributed by atoms with van der Waals surface area (Å²) in [6.45, 7) is 4.71. The van der Waals surface area contributed by atoms with Crippen LogP contribution in [0, 0.1) is 6.92 Å². The largest absolute Gasteiger partial charge is 0.478 e. The topological polar surface area (TPSA) is 56.3 Å². The minimum Gasteiger partial charge on any atom is -0.478 e. The Bertz CT molecular complexity index is 412. The molecule has 0 aromatic carbocycles. The third kappa shape index (κ3) is 3.80. The number of nitrogens with zero attached hydrogens (tertiary/aromatic N) is 2. The van der Waals surface area contributed by atoms with E-state index in [9.17, 15) is 0 Å². The molecule has 2 rings (SSSR count). The maximum atomic E-state index is 5.57. The zero-order valence-corrected chi connectivity index (χ0v) is 12.0. The molecule has 106 valence electrons. The molecule has 1 fully saturated rings. The van der Waals surface area contributed by atoms with Crippen LogP contribution in [0.5, 0.6) is 5.88 Å². The first kappa shape index (κ1) is 14.1. The fourth-order valence-corrected chi connectivity index (χ4v) is 2.42. The van der Waals surface area contributed by atoms with Crippen LogP contribution in [-0.4, -0.2) is 35.8 Å². The Balaban J connectivity index is 2.04. The monoisotopic (exact) mass is 265 g/mol. The fourth-order valence-electron chi connectivity index (χ4n) is 2.42. The van der Waals surface area contributed by atoms with E-state index in [1.165, 1.54) is 6.42 Å². The summed E-state index contributed by atoms with van der Waals surface area (Å²) in [5.41, 5.74) is 0.913. The predicted molar refractivity (Wildman–Crippen MR) is 74.6 cm³/mol. The first-order valence-electron chi connectivity index (χ1n) is 7.00. The Labute approximate surface area is 114 Å². The molecule has 0 spiro atoms. The van der Waals surface area contributed by atoms with Crippen molar-refractivity contribution in [3.8, 4) is 5.88 Å². The van der Waals surface area contributed by atoms with Gasteiger partial charge in [-0.1, -0.05) is 6.92 Å². The van der Waals surface area contributed by atoms with Gasteiger partial charge in [-0.05, 0) is 32.6 Å². The number of anilines is 1. The summed E-state index contributed by atoms with van der Waals surface area (Å²) in [6, 6.07) is 2.16. The van der Waals surface area contributed by atoms with Gasteiger partial charge in [0.2, 0.25) is 11.8 Å². The first-order chi connectivity index (χ1) is 9.22. The quantitative estimate of drug-likeness (QED) is 0.856. The molecule has 0 bridgehead atoms. The van der Waals surface area contributed by atoms with Crippen molar-refractivity contribution in [2.75, 3.05) is 19.0 Å². The summed E-state index contributed by atoms with van der Waals surface area (Å²) in [5, 5.41) is 3.37. The third-order valence-corrected chi connectivity index (χ3v) is 3.35. The number of hydrogen-bond acceptors (Lipinski definition) is 5. The molecular formula is C14H23N3O2. The van der Waals surface area contributed by atoms with Crippen molar-refractivity contribution in [2.24, 2.45) is 0 Å². The number of hydrogen-bond donors (Lipinski definition) is 1. The minimum atomic E-state index is 0.254. The van der Waals surface area contributed by atoms with Crippen molar-refractivity contribution in [1.29, 1.82) is 0 Å². The number of aryl methyl sites for hydroxylation is 1. The summed E-state index contributed by atoms with van der Waals surface area (Å²) < 4.78 is 11.0. The molecule has 0 amide bonds. The molecule has 1 aromatic heterocycles. The molecule has 19 heavy (non-hydrogen) atoms. The maximum absolute atomic E-state index is 5.57. The molecular weight excluding hydrogens is 242 g/mol. The van der Waals surface area contributed by atoms with E-state index in [1.807, 2.05) is 13.0 Å². The molecule has 2 unspecified atom stereocenters. The summed E-state index contributed by atoms with van der Waals surface area (Å²) in [7, 11) is 1.76. The van der Waals surface area contributed by atoms with E-state index >= 15 is 0 Å². The summed E-state index contributed by atoms with van der Waals surface area (Å²) >= 11 is 0. The minimum absolute atomic E-state index is 0.254. The zero-order chi connectivity index (χ0) is 13.7. The Morgan fingerprint density at radius 2 is 2.21 bits per heavy atom. The van der Waals surface area contributed by atoms with Crippen LogP contribution in [0.3, 0.4) is 0 Å². The Morgan fingerprint density at radius 1 is 1.37 bits per heavy atom. The molecule has 1 heterocycles. The Hall–Kier alpha value is -1.36. The van der Waals surface area contributed by atoms with E-state index in [-0.39, 0.29) is 6.10 Å². The van der Waals surface area contributed by atoms with Crippen LogP contribution < -0.4 is 10.1 Å². The zero-order valence-electron chi connectivity index (χ0n) is 12.0. The fraction of sp³-hybridized carbons (Fsp3) is 0.714. The van der Waals surface area contributed by atoms with Gasteiger partial charge in [-0.2, -0.15) is 4.98 Å². The van der Waals surface area contributed by atoms with E-state index in [4.69, 9.17) is 9.47 Å². The molecule has 1 aromatic rings. The second-order valence-corrected chi connectivity index (χ2v) is 4.98. The Morgan fingerprint density at radius 3 is 2.95 bits per heavy atom. The van der Waals surface area contributed by atoms with Crippen molar-refractivity contribution in [1.82, 2.24) is 9.97 Å². The molecule has 0 saturated heterocycles. The normalized spacial score (nSPS) is 22.5. The number of ether oxygens (including phenoxy) is 2. The van der Waals surface area contributed by atoms with Crippen LogP contribution in [0.1, 0.15) is 38.3 Å². The summed E-state index contributed by atoms with van der Waals surface area (Å²) in [5.74, 6) is 1.28. The van der Waals surface area contributed by atoms with Gasteiger partial charge in [0.25, 0.3) is 0 Å². The van der Waals surface area contributed by atoms with Gasteiger partial charge in [0.05, 0.1) is 18.8 Å². The molecule has 1 aliphatic carbocycles. The molecule has 1 N–H and O–H groups in total. The van der Waals surface area contributed by atoms with Gasteiger partial charge in [-0.25, -0.2) is 4.98 Å². The average molecular weight is 265 g/mol. The summed E-state index contributed by atoms with van der Waals surface area (Å²) in [6.07, 6.45) is 4.60. The maximum Gasteiger partial charge on any atom is 0.226 e. The molecule has 0 aliphatic heterocycles. The van der Waals surface area contributed by atoms with E-state index in [0.29, 0.717) is 24.5 Å². The van der Waals surface area contributed by atoms with Crippen molar-refractivity contribution in [3.63, 3.8) is 0 Å². The lowest BCUT2D eigenvalue weighted by molar-refractivity contribution is 0.101. The highest BCUT2D eigenvalue weighted by molar-refractivity contribution is 5.32. The number of aromatic nitrogens is 2. The van der Waals surface area contributed by atoms with Crippen molar-refractivity contribution in [3.05, 3.63) is 11.8 Å². The smallest absolute Gasteiger partial charge is 0.226 e. The van der Waals surface area contributed by atoms with E-state index in [1.54, 1.807) is 7.11 Å². The van der Waals surface area contributed by atoms with Gasteiger partial charge in [0.1, 0.15) is 0 Å². The summed E-state index contributed by atoms with van der Waals surface area (Å²) in [4.78, 5) is 8.82. The van der Waals surface area contributed by atoms with Gasteiger partial charge >= 0.3 is 0 Å². The van der Waals surface area contributed by atoms with Crippen LogP contribution in [0.4, 0.5) is 5.95 Å². The highest BCUT2D eigenvalue weighted by atomic mass is 16.5. The van der Waals surface area contributed by atoms with Gasteiger partial charge in [-0.15, -0.1) is 0 Å². The van der Waals surface area contributed by atoms with E-state index < -0.39 is 0 Å². The van der Waals surface area contributed by atoms with Crippen molar-refractivity contribution < 1.29 is 9.47 Å². The van der Waals surface area contributed by atoms with E-state index in [2.05, 4.69) is 22.2 Å². The highest BCUT2D eigenvalue weighted by Gasteiger charge is 2.27. The van der Waals surface area contributed by atoms with Crippen LogP contribution in [0.25, 0.3) is 0 Å². The molecule has 2 atom stereocenters. The van der Waals surface area contributed by atoms with Crippen molar-refractivity contribution in [2.45, 2.75) is 51.7 Å². The van der Waals surface area contributed by atoms with Crippen LogP contribution in [0.15, 0.2) is 6.07 Å². The number of rotatable bonds is 6. The third-order valence-electron chi connectivity index (χ3n) is 3.35. The number of methoxy groups -OCH3 is 1. The second kappa shape index (κ2) is 6.70. The van der Waals surface area contributed by atoms with Crippen molar-refractivity contribution >= 4 is 5.95 Å². The van der Waals surface area contributed by atoms with Crippen LogP contribution >= 0.6 is 0 Å². The highest BCUT2D eigenvalue weighted by Crippen LogP contribution is 2.24. The first-order valence-corrected chi connectivity index (χ1v) is 7.00. The van der Waals surface area contributed by atoms with Gasteiger partial charge in [-0.3, -0.25) is 0 Å². The van der Waals surface area contributed by atoms with E-state index in [0.717, 1.165) is 25.0 Å². The molecule has 1 aliphatic rings. The lowest BCUT2D eigenvalue weighted by Crippen LogP contribution is -2.30. The predicted octanol–water partition coefficient (Wildman–Crippen LogP) is 2.55. The lowest BCUT2D eigenvalue weighted by atomic mass is 10.2. The van der Waals surface area contributed by atoms with Gasteiger partial charge < -0.3 is 14.8 Å². The van der Waals surface area contributed by atoms with Gasteiger partial charge in [0.15, 0.2) is 0 Å². The number of nitrogens with one attached hydrogen (secondary N) is 1. The lowest BCUT2D eigenvalue weighted by Gasteiger charge is -2.20. The van der Waals surface area contributed by atoms with Gasteiger partial charge in [0, 0.05) is 18.9 Å². The molecule has 0 radical (unpaired) electrons. The molecule has 5 heteroatoms. The molecule has 5 nitrogen and oxygen atoms in total. The Kier molecular flexibility index (Phi) is 4.96. The SMILES string of the molecule is CCCOc1cc(C)nc(NC2CCCC2OC)n1. The second-order valence-electron chi connectivity index (χ2n) is 4.98. The van der Waals surface area contributed by atoms with Crippen LogP contribution in [-0.2, 0) is 4.74 Å². The van der Waals surface area contributed by atoms with Crippen LogP contribution in [0.2, 0.25) is 0 Å².